The van der Waals surface area contributed by atoms with Crippen molar-refractivity contribution in [3.8, 4) is 0 Å². The summed E-state index contributed by atoms with van der Waals surface area (Å²) in [5.74, 6) is -0.170. The number of benzene rings is 2. The quantitative estimate of drug-likeness (QED) is 0.772. The van der Waals surface area contributed by atoms with E-state index in [9.17, 15) is 13.2 Å². The number of hydrogen-bond acceptors (Lipinski definition) is 3. The number of piperidine rings is 1. The van der Waals surface area contributed by atoms with E-state index in [2.05, 4.69) is 5.32 Å². The monoisotopic (exact) mass is 420 g/mol. The SMILES string of the molecule is Cc1ccc(C)c(NC(=O)C[C@@H]2CCCCN2S(=O)(=O)c2ccc(Cl)cc2)c1. The van der Waals surface area contributed by atoms with Gasteiger partial charge in [0.2, 0.25) is 15.9 Å². The van der Waals surface area contributed by atoms with Crippen LogP contribution in [-0.4, -0.2) is 31.2 Å². The van der Waals surface area contributed by atoms with E-state index in [0.717, 1.165) is 29.7 Å². The highest BCUT2D eigenvalue weighted by molar-refractivity contribution is 7.89. The fourth-order valence-electron chi connectivity index (χ4n) is 3.52. The van der Waals surface area contributed by atoms with Gasteiger partial charge < -0.3 is 5.32 Å². The molecule has 28 heavy (non-hydrogen) atoms. The third-order valence-corrected chi connectivity index (χ3v) is 7.30. The van der Waals surface area contributed by atoms with Crippen molar-refractivity contribution >= 4 is 33.2 Å². The van der Waals surface area contributed by atoms with Crippen LogP contribution in [0, 0.1) is 13.8 Å². The lowest BCUT2D eigenvalue weighted by molar-refractivity contribution is -0.117. The second kappa shape index (κ2) is 8.64. The Hall–Kier alpha value is -1.89. The Morgan fingerprint density at radius 1 is 1.14 bits per heavy atom. The summed E-state index contributed by atoms with van der Waals surface area (Å²) in [4.78, 5) is 12.9. The van der Waals surface area contributed by atoms with Gasteiger partial charge >= 0.3 is 0 Å². The highest BCUT2D eigenvalue weighted by Gasteiger charge is 2.34. The third-order valence-electron chi connectivity index (χ3n) is 5.08. The normalized spacial score (nSPS) is 18.0. The average Bonchev–Trinajstić information content (AvgIpc) is 2.65. The number of rotatable bonds is 5. The molecule has 0 aromatic heterocycles. The minimum Gasteiger partial charge on any atom is -0.326 e. The van der Waals surface area contributed by atoms with Crippen molar-refractivity contribution in [2.24, 2.45) is 0 Å². The van der Waals surface area contributed by atoms with Gasteiger partial charge in [-0.1, -0.05) is 30.2 Å². The standard InChI is InChI=1S/C21H25ClN2O3S/c1-15-6-7-16(2)20(13-15)23-21(25)14-18-5-3-4-12-24(18)28(26,27)19-10-8-17(22)9-11-19/h6-11,13,18H,3-5,12,14H2,1-2H3,(H,23,25)/t18-/m0/s1. The highest BCUT2D eigenvalue weighted by Crippen LogP contribution is 2.28. The van der Waals surface area contributed by atoms with E-state index in [1.54, 1.807) is 12.1 Å². The van der Waals surface area contributed by atoms with E-state index < -0.39 is 10.0 Å². The molecule has 1 amide bonds. The lowest BCUT2D eigenvalue weighted by atomic mass is 10.0. The van der Waals surface area contributed by atoms with Crippen LogP contribution in [-0.2, 0) is 14.8 Å². The van der Waals surface area contributed by atoms with E-state index in [0.29, 0.717) is 18.0 Å². The fraction of sp³-hybridized carbons (Fsp3) is 0.381. The van der Waals surface area contributed by atoms with E-state index in [1.165, 1.54) is 16.4 Å². The number of hydrogen-bond donors (Lipinski definition) is 1. The number of nitrogens with zero attached hydrogens (tertiary/aromatic N) is 1. The molecule has 1 aliphatic rings. The highest BCUT2D eigenvalue weighted by atomic mass is 35.5. The largest absolute Gasteiger partial charge is 0.326 e. The molecule has 150 valence electrons. The molecule has 0 radical (unpaired) electrons. The zero-order valence-electron chi connectivity index (χ0n) is 16.1. The van der Waals surface area contributed by atoms with Crippen LogP contribution < -0.4 is 5.32 Å². The van der Waals surface area contributed by atoms with E-state index in [1.807, 2.05) is 32.0 Å². The van der Waals surface area contributed by atoms with E-state index in [-0.39, 0.29) is 23.3 Å². The van der Waals surface area contributed by atoms with Crippen molar-refractivity contribution in [2.75, 3.05) is 11.9 Å². The fourth-order valence-corrected chi connectivity index (χ4v) is 5.34. The summed E-state index contributed by atoms with van der Waals surface area (Å²) in [5, 5.41) is 3.43. The van der Waals surface area contributed by atoms with Gasteiger partial charge in [0.05, 0.1) is 4.90 Å². The van der Waals surface area contributed by atoms with Gasteiger partial charge in [-0.25, -0.2) is 8.42 Å². The molecule has 7 heteroatoms. The average molecular weight is 421 g/mol. The second-order valence-corrected chi connectivity index (χ2v) is 9.62. The van der Waals surface area contributed by atoms with Gasteiger partial charge in [0, 0.05) is 29.7 Å². The Morgan fingerprint density at radius 3 is 2.57 bits per heavy atom. The molecule has 0 spiro atoms. The zero-order valence-corrected chi connectivity index (χ0v) is 17.7. The van der Waals surface area contributed by atoms with Crippen LogP contribution in [0.4, 0.5) is 5.69 Å². The Kier molecular flexibility index (Phi) is 6.43. The molecule has 1 heterocycles. The van der Waals surface area contributed by atoms with Crippen LogP contribution in [0.2, 0.25) is 5.02 Å². The summed E-state index contributed by atoms with van der Waals surface area (Å²) in [6.07, 6.45) is 2.52. The number of carbonyl (C=O) groups is 1. The first-order valence-electron chi connectivity index (χ1n) is 9.42. The number of anilines is 1. The Bertz CT molecular complexity index is 958. The molecule has 5 nitrogen and oxygen atoms in total. The van der Waals surface area contributed by atoms with Gasteiger partial charge in [-0.2, -0.15) is 4.31 Å². The lowest BCUT2D eigenvalue weighted by Gasteiger charge is -2.34. The molecule has 0 aliphatic carbocycles. The van der Waals surface area contributed by atoms with Gasteiger partial charge in [-0.05, 0) is 68.1 Å². The Morgan fingerprint density at radius 2 is 1.86 bits per heavy atom. The summed E-state index contributed by atoms with van der Waals surface area (Å²) >= 11 is 5.88. The van der Waals surface area contributed by atoms with Crippen molar-refractivity contribution in [3.05, 3.63) is 58.6 Å². The van der Waals surface area contributed by atoms with Crippen LogP contribution in [0.25, 0.3) is 0 Å². The van der Waals surface area contributed by atoms with Gasteiger partial charge in [0.25, 0.3) is 0 Å². The second-order valence-electron chi connectivity index (χ2n) is 7.29. The number of nitrogens with one attached hydrogen (secondary N) is 1. The van der Waals surface area contributed by atoms with Crippen LogP contribution >= 0.6 is 11.6 Å². The number of sulfonamides is 1. The number of halogens is 1. The van der Waals surface area contributed by atoms with Crippen LogP contribution in [0.15, 0.2) is 47.4 Å². The molecular weight excluding hydrogens is 396 g/mol. The minimum absolute atomic E-state index is 0.139. The smallest absolute Gasteiger partial charge is 0.243 e. The van der Waals surface area contributed by atoms with Crippen molar-refractivity contribution in [3.63, 3.8) is 0 Å². The summed E-state index contributed by atoms with van der Waals surface area (Å²) < 4.78 is 27.7. The molecule has 0 bridgehead atoms. The third kappa shape index (κ3) is 4.74. The van der Waals surface area contributed by atoms with Crippen molar-refractivity contribution < 1.29 is 13.2 Å². The summed E-state index contributed by atoms with van der Waals surface area (Å²) in [6.45, 7) is 4.33. The van der Waals surface area contributed by atoms with Gasteiger partial charge in [0.15, 0.2) is 0 Å². The maximum atomic E-state index is 13.1. The zero-order chi connectivity index (χ0) is 20.3. The van der Waals surface area contributed by atoms with Crippen LogP contribution in [0.3, 0.4) is 0 Å². The molecule has 3 rings (SSSR count). The topological polar surface area (TPSA) is 66.5 Å². The number of amides is 1. The Labute approximate surface area is 171 Å². The first-order chi connectivity index (χ1) is 13.3. The summed E-state index contributed by atoms with van der Waals surface area (Å²) in [7, 11) is -3.67. The predicted molar refractivity (Wildman–Crippen MR) is 112 cm³/mol. The van der Waals surface area contributed by atoms with Gasteiger partial charge in [-0.15, -0.1) is 0 Å². The summed E-state index contributed by atoms with van der Waals surface area (Å²) in [6, 6.07) is 11.7. The van der Waals surface area contributed by atoms with Gasteiger partial charge in [0.1, 0.15) is 0 Å². The number of carbonyl (C=O) groups excluding carboxylic acids is 1. The number of aryl methyl sites for hydroxylation is 2. The Balaban J connectivity index is 1.76. The maximum absolute atomic E-state index is 13.1. The molecule has 1 N–H and O–H groups in total. The van der Waals surface area contributed by atoms with Gasteiger partial charge in [-0.3, -0.25) is 4.79 Å². The molecule has 1 atom stereocenters. The van der Waals surface area contributed by atoms with Crippen molar-refractivity contribution in [1.29, 1.82) is 0 Å². The summed E-state index contributed by atoms with van der Waals surface area (Å²) in [5.41, 5.74) is 2.81. The molecule has 2 aromatic rings. The molecule has 0 unspecified atom stereocenters. The van der Waals surface area contributed by atoms with Crippen molar-refractivity contribution in [2.45, 2.75) is 50.5 Å². The molecular formula is C21H25ClN2O3S. The predicted octanol–water partition coefficient (Wildman–Crippen LogP) is 4.53. The van der Waals surface area contributed by atoms with E-state index >= 15 is 0 Å². The molecule has 0 saturated carbocycles. The first kappa shape index (κ1) is 20.8. The van der Waals surface area contributed by atoms with Crippen molar-refractivity contribution in [1.82, 2.24) is 4.31 Å². The van der Waals surface area contributed by atoms with Crippen LogP contribution in [0.1, 0.15) is 36.8 Å². The molecule has 2 aromatic carbocycles. The maximum Gasteiger partial charge on any atom is 0.243 e. The first-order valence-corrected chi connectivity index (χ1v) is 11.2. The molecule has 1 aliphatic heterocycles. The lowest BCUT2D eigenvalue weighted by Crippen LogP contribution is -2.45. The molecule has 1 fully saturated rings. The minimum atomic E-state index is -3.67. The van der Waals surface area contributed by atoms with Crippen LogP contribution in [0.5, 0.6) is 0 Å². The van der Waals surface area contributed by atoms with E-state index in [4.69, 9.17) is 11.6 Å². The molecule has 1 saturated heterocycles.